The van der Waals surface area contributed by atoms with Crippen molar-refractivity contribution in [2.45, 2.75) is 0 Å². The minimum absolute atomic E-state index is 0.0926. The van der Waals surface area contributed by atoms with Gasteiger partial charge in [-0.25, -0.2) is 4.68 Å². The molecule has 0 saturated carbocycles. The fourth-order valence-corrected chi connectivity index (χ4v) is 1.74. The highest BCUT2D eigenvalue weighted by Gasteiger charge is 2.14. The third kappa shape index (κ3) is 2.18. The lowest BCUT2D eigenvalue weighted by atomic mass is 10.2. The summed E-state index contributed by atoms with van der Waals surface area (Å²) in [7, 11) is 1.42. The van der Waals surface area contributed by atoms with Gasteiger partial charge in [0, 0.05) is 12.5 Å². The minimum atomic E-state index is -0.607. The number of ether oxygens (including phenoxy) is 1. The van der Waals surface area contributed by atoms with Crippen molar-refractivity contribution >= 4 is 22.7 Å². The number of carbonyl (C=O) groups is 2. The summed E-state index contributed by atoms with van der Waals surface area (Å²) in [5.41, 5.74) is 8.78. The molecule has 94 valence electrons. The lowest BCUT2D eigenvalue weighted by Gasteiger charge is -2.10. The maximum absolute atomic E-state index is 11.5. The van der Waals surface area contributed by atoms with Crippen LogP contribution in [0.15, 0.2) is 30.3 Å². The molecule has 3 N–H and O–H groups in total. The zero-order valence-corrected chi connectivity index (χ0v) is 9.84. The van der Waals surface area contributed by atoms with E-state index in [1.165, 1.54) is 11.8 Å². The van der Waals surface area contributed by atoms with E-state index >= 15 is 0 Å². The number of benzene rings is 1. The summed E-state index contributed by atoms with van der Waals surface area (Å²) in [4.78, 5) is 22.9. The first-order valence-corrected chi connectivity index (χ1v) is 5.32. The molecule has 0 aliphatic rings. The van der Waals surface area contributed by atoms with Gasteiger partial charge >= 0.3 is 0 Å². The lowest BCUT2D eigenvalue weighted by molar-refractivity contribution is -0.120. The first-order valence-electron chi connectivity index (χ1n) is 5.32. The smallest absolute Gasteiger partial charge is 0.267 e. The van der Waals surface area contributed by atoms with Crippen LogP contribution >= 0.6 is 0 Å². The Bertz CT molecular complexity index is 604. The largest absolute Gasteiger partial charge is 0.375 e. The predicted molar refractivity (Wildman–Crippen MR) is 66.7 cm³/mol. The summed E-state index contributed by atoms with van der Waals surface area (Å²) in [5, 5.41) is 0.823. The molecule has 0 radical (unpaired) electrons. The van der Waals surface area contributed by atoms with Crippen molar-refractivity contribution in [1.29, 1.82) is 0 Å². The van der Waals surface area contributed by atoms with E-state index in [-0.39, 0.29) is 18.2 Å². The topological polar surface area (TPSA) is 86.3 Å². The number of primary amides is 1. The van der Waals surface area contributed by atoms with Gasteiger partial charge in [-0.1, -0.05) is 18.2 Å². The molecule has 0 aliphatic carbocycles. The average Bonchev–Trinajstić information content (AvgIpc) is 2.69. The van der Waals surface area contributed by atoms with Crippen molar-refractivity contribution in [1.82, 2.24) is 4.68 Å². The summed E-state index contributed by atoms with van der Waals surface area (Å²) in [6, 6.07) is 8.90. The normalized spacial score (nSPS) is 10.5. The number of rotatable bonds is 4. The summed E-state index contributed by atoms with van der Waals surface area (Å²) in [6.45, 7) is -0.0926. The molecular formula is C12H13N3O3. The number of carbonyl (C=O) groups excluding carboxylic acids is 2. The molecule has 18 heavy (non-hydrogen) atoms. The summed E-state index contributed by atoms with van der Waals surface area (Å²) in [6.07, 6.45) is 0. The van der Waals surface area contributed by atoms with Crippen LogP contribution in [0.3, 0.4) is 0 Å². The maximum atomic E-state index is 11.5. The van der Waals surface area contributed by atoms with Gasteiger partial charge in [0.2, 0.25) is 0 Å². The minimum Gasteiger partial charge on any atom is -0.375 e. The fraction of sp³-hybridized carbons (Fsp3) is 0.167. The Kier molecular flexibility index (Phi) is 3.29. The Labute approximate surface area is 103 Å². The van der Waals surface area contributed by atoms with E-state index in [0.717, 1.165) is 5.39 Å². The van der Waals surface area contributed by atoms with E-state index in [2.05, 4.69) is 5.43 Å². The van der Waals surface area contributed by atoms with Gasteiger partial charge in [0.1, 0.15) is 12.3 Å². The van der Waals surface area contributed by atoms with E-state index < -0.39 is 5.91 Å². The molecule has 2 aromatic rings. The number of aromatic nitrogens is 1. The zero-order chi connectivity index (χ0) is 13.1. The Hall–Kier alpha value is -2.34. The molecule has 2 rings (SSSR count). The number of hydrogen-bond acceptors (Lipinski definition) is 3. The number of hydrogen-bond donors (Lipinski definition) is 2. The first kappa shape index (κ1) is 12.1. The molecule has 0 unspecified atom stereocenters. The number of nitrogens with zero attached hydrogens (tertiary/aromatic N) is 1. The van der Waals surface area contributed by atoms with Crippen molar-refractivity contribution in [2.75, 3.05) is 19.1 Å². The number of para-hydroxylation sites is 1. The Morgan fingerprint density at radius 1 is 1.39 bits per heavy atom. The van der Waals surface area contributed by atoms with E-state index in [0.29, 0.717) is 5.52 Å². The molecule has 1 aromatic carbocycles. The van der Waals surface area contributed by atoms with E-state index in [9.17, 15) is 9.59 Å². The van der Waals surface area contributed by atoms with Crippen molar-refractivity contribution < 1.29 is 14.3 Å². The van der Waals surface area contributed by atoms with Crippen LogP contribution in [0.2, 0.25) is 0 Å². The van der Waals surface area contributed by atoms with Crippen LogP contribution in [0, 0.1) is 0 Å². The molecule has 1 aromatic heterocycles. The highest BCUT2D eigenvalue weighted by Crippen LogP contribution is 2.17. The van der Waals surface area contributed by atoms with Gasteiger partial charge in [-0.3, -0.25) is 15.0 Å². The lowest BCUT2D eigenvalue weighted by Crippen LogP contribution is -2.30. The Morgan fingerprint density at radius 2 is 2.11 bits per heavy atom. The summed E-state index contributed by atoms with van der Waals surface area (Å²) in [5.74, 6) is -0.967. The third-order valence-corrected chi connectivity index (χ3v) is 2.48. The van der Waals surface area contributed by atoms with Gasteiger partial charge in [0.15, 0.2) is 0 Å². The number of fused-ring (bicyclic) bond motifs is 1. The van der Waals surface area contributed by atoms with Gasteiger partial charge in [-0.2, -0.15) is 0 Å². The van der Waals surface area contributed by atoms with E-state index in [1.807, 2.05) is 18.2 Å². The molecular weight excluding hydrogens is 234 g/mol. The molecule has 1 heterocycles. The second-order valence-electron chi connectivity index (χ2n) is 3.76. The molecule has 6 nitrogen and oxygen atoms in total. The Morgan fingerprint density at radius 3 is 2.78 bits per heavy atom. The monoisotopic (exact) mass is 247 g/mol. The number of amides is 2. The number of methoxy groups -OCH3 is 1. The van der Waals surface area contributed by atoms with Gasteiger partial charge in [0.05, 0.1) is 5.52 Å². The van der Waals surface area contributed by atoms with Crippen LogP contribution < -0.4 is 11.2 Å². The quantitative estimate of drug-likeness (QED) is 0.822. The van der Waals surface area contributed by atoms with Gasteiger partial charge in [-0.15, -0.1) is 0 Å². The highest BCUT2D eigenvalue weighted by molar-refractivity contribution is 5.99. The molecule has 2 amide bonds. The van der Waals surface area contributed by atoms with Gasteiger partial charge in [-0.05, 0) is 12.1 Å². The number of nitrogens with two attached hydrogens (primary N) is 1. The molecule has 6 heteroatoms. The first-order chi connectivity index (χ1) is 8.63. The fourth-order valence-electron chi connectivity index (χ4n) is 1.74. The second-order valence-corrected chi connectivity index (χ2v) is 3.76. The van der Waals surface area contributed by atoms with Crippen LogP contribution in [-0.4, -0.2) is 30.2 Å². The third-order valence-electron chi connectivity index (χ3n) is 2.48. The van der Waals surface area contributed by atoms with Crippen LogP contribution in [0.5, 0.6) is 0 Å². The van der Waals surface area contributed by atoms with Crippen molar-refractivity contribution in [3.8, 4) is 0 Å². The van der Waals surface area contributed by atoms with Crippen LogP contribution in [0.25, 0.3) is 10.9 Å². The zero-order valence-electron chi connectivity index (χ0n) is 9.84. The summed E-state index contributed by atoms with van der Waals surface area (Å²) >= 11 is 0. The number of nitrogens with one attached hydrogen (secondary N) is 1. The van der Waals surface area contributed by atoms with Crippen LogP contribution in [-0.2, 0) is 9.53 Å². The predicted octanol–water partition coefficient (Wildman–Crippen LogP) is 0.457. The van der Waals surface area contributed by atoms with Crippen molar-refractivity contribution in [2.24, 2.45) is 5.73 Å². The van der Waals surface area contributed by atoms with Crippen LogP contribution in [0.1, 0.15) is 10.5 Å². The second kappa shape index (κ2) is 4.89. The van der Waals surface area contributed by atoms with E-state index in [1.54, 1.807) is 12.1 Å². The molecule has 0 spiro atoms. The molecule has 0 fully saturated rings. The van der Waals surface area contributed by atoms with E-state index in [4.69, 9.17) is 10.5 Å². The molecule has 0 bridgehead atoms. The Balaban J connectivity index is 2.48. The average molecular weight is 247 g/mol. The molecule has 0 aliphatic heterocycles. The molecule has 0 atom stereocenters. The van der Waals surface area contributed by atoms with Crippen molar-refractivity contribution in [3.63, 3.8) is 0 Å². The highest BCUT2D eigenvalue weighted by atomic mass is 16.5. The summed E-state index contributed by atoms with van der Waals surface area (Å²) < 4.78 is 6.10. The van der Waals surface area contributed by atoms with Gasteiger partial charge in [0.25, 0.3) is 11.8 Å². The van der Waals surface area contributed by atoms with Crippen molar-refractivity contribution in [3.05, 3.63) is 36.0 Å². The van der Waals surface area contributed by atoms with Gasteiger partial charge < -0.3 is 10.5 Å². The molecule has 0 saturated heterocycles. The standard InChI is InChI=1S/C12H13N3O3/c1-18-7-11(16)14-15-9-5-3-2-4-8(9)6-10(15)12(13)17/h2-6H,7H2,1H3,(H2,13,17)(H,14,16). The maximum Gasteiger partial charge on any atom is 0.267 e. The van der Waals surface area contributed by atoms with Crippen LogP contribution in [0.4, 0.5) is 0 Å². The SMILES string of the molecule is COCC(=O)Nn1c(C(N)=O)cc2ccccc21.